The molecule has 28 heavy (non-hydrogen) atoms. The highest BCUT2D eigenvalue weighted by Gasteiger charge is 2.41. The van der Waals surface area contributed by atoms with E-state index in [2.05, 4.69) is 48.3 Å². The molecule has 4 rings (SSSR count). The molecule has 0 bridgehead atoms. The first-order valence-electron chi connectivity index (χ1n) is 9.26. The molecule has 0 saturated carbocycles. The van der Waals surface area contributed by atoms with Gasteiger partial charge in [0.1, 0.15) is 11.3 Å². The fourth-order valence-corrected chi connectivity index (χ4v) is 3.85. The van der Waals surface area contributed by atoms with Crippen LogP contribution in [0.25, 0.3) is 11.1 Å². The summed E-state index contributed by atoms with van der Waals surface area (Å²) in [5.74, 6) is 1.41. The van der Waals surface area contributed by atoms with Crippen molar-refractivity contribution in [2.75, 3.05) is 20.7 Å². The van der Waals surface area contributed by atoms with E-state index in [1.807, 2.05) is 42.5 Å². The number of aromatic nitrogens is 1. The third-order valence-corrected chi connectivity index (χ3v) is 5.39. The summed E-state index contributed by atoms with van der Waals surface area (Å²) in [7, 11) is 3.67. The van der Waals surface area contributed by atoms with E-state index >= 15 is 0 Å². The summed E-state index contributed by atoms with van der Waals surface area (Å²) in [6.07, 6.45) is 3.62. The third kappa shape index (κ3) is 2.99. The zero-order valence-corrected chi connectivity index (χ0v) is 16.4. The highest BCUT2D eigenvalue weighted by molar-refractivity contribution is 5.82. The Hall–Kier alpha value is -3.34. The zero-order chi connectivity index (χ0) is 19.7. The van der Waals surface area contributed by atoms with E-state index in [-0.39, 0.29) is 0 Å². The molecule has 1 aliphatic rings. The van der Waals surface area contributed by atoms with Crippen LogP contribution in [-0.2, 0) is 5.54 Å². The molecule has 2 heterocycles. The van der Waals surface area contributed by atoms with Gasteiger partial charge in [0, 0.05) is 19.4 Å². The molecule has 1 aliphatic heterocycles. The molecule has 0 radical (unpaired) electrons. The molecule has 0 spiro atoms. The Labute approximate surface area is 165 Å². The molecule has 5 nitrogen and oxygen atoms in total. The lowest BCUT2D eigenvalue weighted by Crippen LogP contribution is -2.34. The van der Waals surface area contributed by atoms with E-state index in [4.69, 9.17) is 15.5 Å². The van der Waals surface area contributed by atoms with Crippen molar-refractivity contribution in [3.63, 3.8) is 0 Å². The highest BCUT2D eigenvalue weighted by Crippen LogP contribution is 2.40. The second-order valence-corrected chi connectivity index (χ2v) is 7.19. The topological polar surface area (TPSA) is 63.7 Å². The molecule has 2 N–H and O–H groups in total. The van der Waals surface area contributed by atoms with Crippen molar-refractivity contribution in [1.29, 1.82) is 0 Å². The summed E-state index contributed by atoms with van der Waals surface area (Å²) in [6, 6.07) is 18.8. The second kappa shape index (κ2) is 7.00. The standard InChI is InChI=1S/C23H24N4O/c1-16-13-20(7-8-21(16)28-3)23(15-27(2)22(24)26-23)19-6-4-5-18(14-19)17-9-11-25-12-10-17/h4-14H,15H2,1-3H3,(H2,24,26). The number of ether oxygens (including phenoxy) is 1. The van der Waals surface area contributed by atoms with Gasteiger partial charge in [0.15, 0.2) is 5.96 Å². The first kappa shape index (κ1) is 18.0. The van der Waals surface area contributed by atoms with Crippen molar-refractivity contribution in [3.8, 4) is 16.9 Å². The maximum atomic E-state index is 6.21. The predicted octanol–water partition coefficient (Wildman–Crippen LogP) is 3.57. The van der Waals surface area contributed by atoms with Gasteiger partial charge >= 0.3 is 0 Å². The smallest absolute Gasteiger partial charge is 0.192 e. The molecular weight excluding hydrogens is 348 g/mol. The summed E-state index contributed by atoms with van der Waals surface area (Å²) >= 11 is 0. The van der Waals surface area contributed by atoms with Crippen molar-refractivity contribution >= 4 is 5.96 Å². The van der Waals surface area contributed by atoms with Gasteiger partial charge in [-0.3, -0.25) is 4.98 Å². The van der Waals surface area contributed by atoms with E-state index in [1.165, 1.54) is 0 Å². The summed E-state index contributed by atoms with van der Waals surface area (Å²) in [5.41, 5.74) is 11.2. The van der Waals surface area contributed by atoms with Crippen molar-refractivity contribution in [2.24, 2.45) is 10.7 Å². The molecule has 0 aliphatic carbocycles. The van der Waals surface area contributed by atoms with E-state index in [0.29, 0.717) is 12.5 Å². The van der Waals surface area contributed by atoms with Gasteiger partial charge in [0.25, 0.3) is 0 Å². The number of aryl methyl sites for hydroxylation is 1. The lowest BCUT2D eigenvalue weighted by molar-refractivity contribution is 0.409. The molecular formula is C23H24N4O. The average Bonchev–Trinajstić information content (AvgIpc) is 3.04. The van der Waals surface area contributed by atoms with Crippen molar-refractivity contribution in [3.05, 3.63) is 83.7 Å². The largest absolute Gasteiger partial charge is 0.496 e. The van der Waals surface area contributed by atoms with Gasteiger partial charge in [-0.2, -0.15) is 0 Å². The van der Waals surface area contributed by atoms with Gasteiger partial charge in [-0.1, -0.05) is 24.3 Å². The van der Waals surface area contributed by atoms with Crippen LogP contribution in [0.3, 0.4) is 0 Å². The minimum Gasteiger partial charge on any atom is -0.496 e. The van der Waals surface area contributed by atoms with Gasteiger partial charge < -0.3 is 15.4 Å². The van der Waals surface area contributed by atoms with Crippen LogP contribution in [0.5, 0.6) is 5.75 Å². The number of hydrogen-bond acceptors (Lipinski definition) is 5. The molecule has 142 valence electrons. The minimum atomic E-state index is -0.557. The Morgan fingerprint density at radius 2 is 1.75 bits per heavy atom. The highest BCUT2D eigenvalue weighted by atomic mass is 16.5. The fraction of sp³-hybridized carbons (Fsp3) is 0.217. The van der Waals surface area contributed by atoms with Crippen LogP contribution in [0.15, 0.2) is 72.0 Å². The SMILES string of the molecule is COc1ccc(C2(c3cccc(-c4ccncc4)c3)CN(C)C(N)=N2)cc1C. The van der Waals surface area contributed by atoms with E-state index < -0.39 is 5.54 Å². The van der Waals surface area contributed by atoms with E-state index in [1.54, 1.807) is 7.11 Å². The molecule has 0 saturated heterocycles. The van der Waals surface area contributed by atoms with Gasteiger partial charge in [-0.05, 0) is 65.1 Å². The Morgan fingerprint density at radius 1 is 1.00 bits per heavy atom. The molecule has 5 heteroatoms. The summed E-state index contributed by atoms with van der Waals surface area (Å²) < 4.78 is 5.44. The molecule has 0 fully saturated rings. The minimum absolute atomic E-state index is 0.544. The van der Waals surface area contributed by atoms with Crippen LogP contribution in [0.2, 0.25) is 0 Å². The Balaban J connectivity index is 1.88. The Bertz CT molecular complexity index is 1030. The lowest BCUT2D eigenvalue weighted by Gasteiger charge is -2.29. The second-order valence-electron chi connectivity index (χ2n) is 7.19. The first-order valence-corrected chi connectivity index (χ1v) is 9.26. The van der Waals surface area contributed by atoms with Crippen LogP contribution < -0.4 is 10.5 Å². The Kier molecular flexibility index (Phi) is 4.51. The molecule has 1 unspecified atom stereocenters. The van der Waals surface area contributed by atoms with Crippen molar-refractivity contribution in [1.82, 2.24) is 9.88 Å². The van der Waals surface area contributed by atoms with Gasteiger partial charge in [-0.15, -0.1) is 0 Å². The van der Waals surface area contributed by atoms with Crippen LogP contribution in [-0.4, -0.2) is 36.5 Å². The van der Waals surface area contributed by atoms with Crippen LogP contribution in [0.4, 0.5) is 0 Å². The zero-order valence-electron chi connectivity index (χ0n) is 16.4. The van der Waals surface area contributed by atoms with Crippen molar-refractivity contribution < 1.29 is 4.74 Å². The summed E-state index contributed by atoms with van der Waals surface area (Å²) in [5, 5.41) is 0. The number of benzene rings is 2. The quantitative estimate of drug-likeness (QED) is 0.760. The van der Waals surface area contributed by atoms with Gasteiger partial charge in [0.05, 0.1) is 13.7 Å². The first-order chi connectivity index (χ1) is 13.5. The number of nitrogens with zero attached hydrogens (tertiary/aromatic N) is 3. The normalized spacial score (nSPS) is 18.8. The number of aliphatic imine (C=N–C) groups is 1. The van der Waals surface area contributed by atoms with E-state index in [0.717, 1.165) is 33.6 Å². The molecule has 1 aromatic heterocycles. The molecule has 0 amide bonds. The van der Waals surface area contributed by atoms with Crippen LogP contribution >= 0.6 is 0 Å². The maximum absolute atomic E-state index is 6.21. The van der Waals surface area contributed by atoms with E-state index in [9.17, 15) is 0 Å². The predicted molar refractivity (Wildman–Crippen MR) is 112 cm³/mol. The van der Waals surface area contributed by atoms with Crippen LogP contribution in [0, 0.1) is 6.92 Å². The number of hydrogen-bond donors (Lipinski definition) is 1. The number of rotatable bonds is 4. The van der Waals surface area contributed by atoms with Gasteiger partial charge in [-0.25, -0.2) is 4.99 Å². The number of likely N-dealkylation sites (N-methyl/N-ethyl adjacent to an activating group) is 1. The number of methoxy groups -OCH3 is 1. The number of nitrogens with two attached hydrogens (primary N) is 1. The van der Waals surface area contributed by atoms with Gasteiger partial charge in [0.2, 0.25) is 0 Å². The maximum Gasteiger partial charge on any atom is 0.192 e. The van der Waals surface area contributed by atoms with Crippen LogP contribution in [0.1, 0.15) is 16.7 Å². The summed E-state index contributed by atoms with van der Waals surface area (Å²) in [6.45, 7) is 2.74. The lowest BCUT2D eigenvalue weighted by atomic mass is 9.82. The van der Waals surface area contributed by atoms with Crippen molar-refractivity contribution in [2.45, 2.75) is 12.5 Å². The Morgan fingerprint density at radius 3 is 2.39 bits per heavy atom. The molecule has 3 aromatic rings. The molecule has 2 aromatic carbocycles. The molecule has 1 atom stereocenters. The number of guanidine groups is 1. The summed E-state index contributed by atoms with van der Waals surface area (Å²) in [4.78, 5) is 11.1. The average molecular weight is 372 g/mol. The fourth-order valence-electron chi connectivity index (χ4n) is 3.85. The monoisotopic (exact) mass is 372 g/mol. The third-order valence-electron chi connectivity index (χ3n) is 5.39. The number of pyridine rings is 1.